The number of anilines is 2. The Bertz CT molecular complexity index is 517. The highest BCUT2D eigenvalue weighted by Crippen LogP contribution is 2.27. The molecule has 102 valence electrons. The summed E-state index contributed by atoms with van der Waals surface area (Å²) in [6.07, 6.45) is 3.05. The van der Waals surface area contributed by atoms with E-state index in [9.17, 15) is 9.59 Å². The fourth-order valence-corrected chi connectivity index (χ4v) is 2.34. The van der Waals surface area contributed by atoms with E-state index in [4.69, 9.17) is 11.5 Å². The van der Waals surface area contributed by atoms with Gasteiger partial charge >= 0.3 is 0 Å². The Morgan fingerprint density at radius 1 is 1.53 bits per heavy atom. The molecule has 0 radical (unpaired) electrons. The summed E-state index contributed by atoms with van der Waals surface area (Å²) in [6, 6.07) is 1.17. The first-order valence-corrected chi connectivity index (χ1v) is 6.08. The molecule has 5 N–H and O–H groups in total. The third-order valence-corrected chi connectivity index (χ3v) is 3.23. The molecule has 2 amide bonds. The van der Waals surface area contributed by atoms with Crippen molar-refractivity contribution in [1.29, 1.82) is 0 Å². The van der Waals surface area contributed by atoms with Gasteiger partial charge in [-0.1, -0.05) is 0 Å². The lowest BCUT2D eigenvalue weighted by atomic mass is 10.1. The van der Waals surface area contributed by atoms with Crippen LogP contribution in [0.15, 0.2) is 12.3 Å². The molecule has 1 aromatic heterocycles. The van der Waals surface area contributed by atoms with Gasteiger partial charge in [-0.3, -0.25) is 9.59 Å². The average Bonchev–Trinajstić information content (AvgIpc) is 2.86. The van der Waals surface area contributed by atoms with Gasteiger partial charge in [-0.05, 0) is 18.9 Å². The van der Waals surface area contributed by atoms with Gasteiger partial charge in [-0.25, -0.2) is 4.98 Å². The Labute approximate surface area is 111 Å². The summed E-state index contributed by atoms with van der Waals surface area (Å²) in [6.45, 7) is 0.662. The fraction of sp³-hybridized carbons (Fsp3) is 0.417. The lowest BCUT2D eigenvalue weighted by molar-refractivity contribution is -0.121. The second-order valence-corrected chi connectivity index (χ2v) is 4.47. The summed E-state index contributed by atoms with van der Waals surface area (Å²) in [4.78, 5) is 29.3. The van der Waals surface area contributed by atoms with Gasteiger partial charge in [0.15, 0.2) is 0 Å². The highest BCUT2D eigenvalue weighted by Gasteiger charge is 2.33. The number of amides is 2. The van der Waals surface area contributed by atoms with Crippen molar-refractivity contribution in [2.75, 3.05) is 24.2 Å². The molecule has 0 aliphatic carbocycles. The topological polar surface area (TPSA) is 114 Å². The van der Waals surface area contributed by atoms with Gasteiger partial charge < -0.3 is 21.7 Å². The van der Waals surface area contributed by atoms with E-state index in [0.29, 0.717) is 18.1 Å². The molecule has 1 fully saturated rings. The van der Waals surface area contributed by atoms with E-state index in [-0.39, 0.29) is 17.5 Å². The zero-order valence-electron chi connectivity index (χ0n) is 10.7. The fourth-order valence-electron chi connectivity index (χ4n) is 2.34. The second-order valence-electron chi connectivity index (χ2n) is 4.47. The first-order valence-electron chi connectivity index (χ1n) is 6.08. The van der Waals surface area contributed by atoms with E-state index >= 15 is 0 Å². The Balaban J connectivity index is 2.40. The number of nitrogens with two attached hydrogens (primary N) is 2. The maximum atomic E-state index is 11.8. The molecular formula is C12H17N5O2. The second kappa shape index (κ2) is 5.13. The van der Waals surface area contributed by atoms with Gasteiger partial charge in [-0.2, -0.15) is 0 Å². The smallest absolute Gasteiger partial charge is 0.252 e. The standard InChI is InChI=1S/C12H17N5O2/c1-15-12(19)9-3-2-4-17(9)11-8(10(14)18)5-7(13)6-16-11/h5-6,9H,2-4,13H2,1H3,(H2,14,18)(H,15,19). The summed E-state index contributed by atoms with van der Waals surface area (Å²) in [7, 11) is 1.59. The molecule has 2 heterocycles. The van der Waals surface area contributed by atoms with Crippen molar-refractivity contribution in [2.45, 2.75) is 18.9 Å². The van der Waals surface area contributed by atoms with Crippen molar-refractivity contribution >= 4 is 23.3 Å². The molecule has 1 aromatic rings. The maximum Gasteiger partial charge on any atom is 0.252 e. The van der Waals surface area contributed by atoms with Crippen LogP contribution >= 0.6 is 0 Å². The van der Waals surface area contributed by atoms with E-state index in [1.807, 2.05) is 0 Å². The van der Waals surface area contributed by atoms with E-state index in [1.54, 1.807) is 11.9 Å². The summed E-state index contributed by atoms with van der Waals surface area (Å²) in [5.41, 5.74) is 11.6. The highest BCUT2D eigenvalue weighted by atomic mass is 16.2. The number of aromatic nitrogens is 1. The lowest BCUT2D eigenvalue weighted by Gasteiger charge is -2.25. The number of pyridine rings is 1. The lowest BCUT2D eigenvalue weighted by Crippen LogP contribution is -2.43. The van der Waals surface area contributed by atoms with Gasteiger partial charge in [0.05, 0.1) is 17.4 Å². The monoisotopic (exact) mass is 263 g/mol. The normalized spacial score (nSPS) is 18.4. The molecule has 1 unspecified atom stereocenters. The van der Waals surface area contributed by atoms with Crippen molar-refractivity contribution in [1.82, 2.24) is 10.3 Å². The number of nitrogen functional groups attached to an aromatic ring is 1. The Hall–Kier alpha value is -2.31. The van der Waals surface area contributed by atoms with Crippen LogP contribution in [0.25, 0.3) is 0 Å². The number of carbonyl (C=O) groups excluding carboxylic acids is 2. The zero-order chi connectivity index (χ0) is 14.0. The van der Waals surface area contributed by atoms with Gasteiger partial charge in [0.1, 0.15) is 11.9 Å². The Morgan fingerprint density at radius 3 is 2.89 bits per heavy atom. The Kier molecular flexibility index (Phi) is 3.55. The van der Waals surface area contributed by atoms with Crippen LogP contribution in [-0.4, -0.2) is 36.4 Å². The van der Waals surface area contributed by atoms with E-state index in [2.05, 4.69) is 10.3 Å². The van der Waals surface area contributed by atoms with Gasteiger partial charge in [0, 0.05) is 13.6 Å². The number of hydrogen-bond acceptors (Lipinski definition) is 5. The summed E-state index contributed by atoms with van der Waals surface area (Å²) in [5.74, 6) is -0.267. The molecule has 1 saturated heterocycles. The molecule has 0 aromatic carbocycles. The SMILES string of the molecule is CNC(=O)C1CCCN1c1ncc(N)cc1C(N)=O. The maximum absolute atomic E-state index is 11.8. The van der Waals surface area contributed by atoms with Crippen molar-refractivity contribution in [3.05, 3.63) is 17.8 Å². The van der Waals surface area contributed by atoms with E-state index < -0.39 is 5.91 Å². The minimum atomic E-state index is -0.600. The summed E-state index contributed by atoms with van der Waals surface area (Å²) in [5, 5.41) is 2.62. The van der Waals surface area contributed by atoms with Crippen LogP contribution in [0.2, 0.25) is 0 Å². The molecule has 1 atom stereocenters. The minimum absolute atomic E-state index is 0.0912. The molecule has 0 spiro atoms. The van der Waals surface area contributed by atoms with Crippen LogP contribution < -0.4 is 21.7 Å². The van der Waals surface area contributed by atoms with Crippen LogP contribution in [0.5, 0.6) is 0 Å². The van der Waals surface area contributed by atoms with Gasteiger partial charge in [-0.15, -0.1) is 0 Å². The van der Waals surface area contributed by atoms with Crippen LogP contribution in [0.3, 0.4) is 0 Å². The number of rotatable bonds is 3. The molecule has 2 rings (SSSR count). The third kappa shape index (κ3) is 2.44. The molecule has 7 nitrogen and oxygen atoms in total. The van der Waals surface area contributed by atoms with Crippen LogP contribution in [0.1, 0.15) is 23.2 Å². The van der Waals surface area contributed by atoms with Crippen LogP contribution in [-0.2, 0) is 4.79 Å². The predicted molar refractivity (Wildman–Crippen MR) is 71.6 cm³/mol. The highest BCUT2D eigenvalue weighted by molar-refractivity contribution is 5.99. The number of carbonyl (C=O) groups is 2. The molecule has 0 bridgehead atoms. The molecule has 7 heteroatoms. The van der Waals surface area contributed by atoms with Crippen LogP contribution in [0, 0.1) is 0 Å². The van der Waals surface area contributed by atoms with Gasteiger partial charge in [0.25, 0.3) is 5.91 Å². The zero-order valence-corrected chi connectivity index (χ0v) is 10.7. The number of nitrogens with zero attached hydrogens (tertiary/aromatic N) is 2. The minimum Gasteiger partial charge on any atom is -0.397 e. The first-order chi connectivity index (χ1) is 9.04. The summed E-state index contributed by atoms with van der Waals surface area (Å²) < 4.78 is 0. The predicted octanol–water partition coefficient (Wildman–Crippen LogP) is -0.522. The quantitative estimate of drug-likeness (QED) is 0.678. The number of primary amides is 1. The molecule has 19 heavy (non-hydrogen) atoms. The molecule has 1 aliphatic rings. The van der Waals surface area contributed by atoms with Crippen molar-refractivity contribution in [3.63, 3.8) is 0 Å². The van der Waals surface area contributed by atoms with Gasteiger partial charge in [0.2, 0.25) is 5.91 Å². The van der Waals surface area contributed by atoms with Crippen molar-refractivity contribution < 1.29 is 9.59 Å². The number of hydrogen-bond donors (Lipinski definition) is 3. The summed E-state index contributed by atoms with van der Waals surface area (Å²) >= 11 is 0. The molecule has 0 saturated carbocycles. The number of likely N-dealkylation sites (N-methyl/N-ethyl adjacent to an activating group) is 1. The molecule has 1 aliphatic heterocycles. The van der Waals surface area contributed by atoms with Crippen LogP contribution in [0.4, 0.5) is 11.5 Å². The molecular weight excluding hydrogens is 246 g/mol. The van der Waals surface area contributed by atoms with Crippen molar-refractivity contribution in [2.24, 2.45) is 5.73 Å². The number of nitrogens with one attached hydrogen (secondary N) is 1. The van der Waals surface area contributed by atoms with Crippen molar-refractivity contribution in [3.8, 4) is 0 Å². The van der Waals surface area contributed by atoms with E-state index in [0.717, 1.165) is 12.8 Å². The van der Waals surface area contributed by atoms with E-state index in [1.165, 1.54) is 12.3 Å². The largest absolute Gasteiger partial charge is 0.397 e. The third-order valence-electron chi connectivity index (χ3n) is 3.23. The average molecular weight is 263 g/mol. The Morgan fingerprint density at radius 2 is 2.26 bits per heavy atom. The first kappa shape index (κ1) is 13.1.